The fourth-order valence-corrected chi connectivity index (χ4v) is 3.37. The normalized spacial score (nSPS) is 10.9. The van der Waals surface area contributed by atoms with Gasteiger partial charge in [0.25, 0.3) is 0 Å². The summed E-state index contributed by atoms with van der Waals surface area (Å²) in [5, 5.41) is 19.0. The first-order valence-electron chi connectivity index (χ1n) is 3.82. The van der Waals surface area contributed by atoms with Gasteiger partial charge in [0, 0.05) is 8.27 Å². The van der Waals surface area contributed by atoms with Gasteiger partial charge in [0.1, 0.15) is 0 Å². The second-order valence-corrected chi connectivity index (χ2v) is 5.69. The molecule has 0 aliphatic rings. The summed E-state index contributed by atoms with van der Waals surface area (Å²) >= 11 is 9.53. The smallest absolute Gasteiger partial charge is 0.423 e. The molecule has 0 atom stereocenters. The Kier molecular flexibility index (Phi) is 3.04. The Morgan fingerprint density at radius 2 is 2.00 bits per heavy atom. The molecule has 2 rings (SSSR count). The molecule has 0 saturated carbocycles. The molecule has 72 valence electrons. The van der Waals surface area contributed by atoms with E-state index in [9.17, 15) is 0 Å². The number of fused-ring (bicyclic) bond motifs is 1. The standard InChI is InChI=1S/C8H5BClIO2S/c10-7-2-4-1-5(9(12)13)3-6(11)8(4)14-7/h1-3,12-13H. The van der Waals surface area contributed by atoms with Crippen LogP contribution in [-0.4, -0.2) is 17.2 Å². The van der Waals surface area contributed by atoms with E-state index in [0.29, 0.717) is 9.80 Å². The van der Waals surface area contributed by atoms with Crippen LogP contribution in [0.2, 0.25) is 4.34 Å². The summed E-state index contributed by atoms with van der Waals surface area (Å²) in [6.07, 6.45) is 0. The fraction of sp³-hybridized carbons (Fsp3) is 0. The van der Waals surface area contributed by atoms with Crippen molar-refractivity contribution in [3.63, 3.8) is 0 Å². The van der Waals surface area contributed by atoms with E-state index < -0.39 is 7.12 Å². The first-order chi connectivity index (χ1) is 6.58. The largest absolute Gasteiger partial charge is 0.488 e. The zero-order chi connectivity index (χ0) is 10.3. The Balaban J connectivity index is 2.71. The van der Waals surface area contributed by atoms with Gasteiger partial charge in [0.2, 0.25) is 0 Å². The van der Waals surface area contributed by atoms with Crippen LogP contribution in [0.1, 0.15) is 0 Å². The number of hydrogen-bond acceptors (Lipinski definition) is 3. The molecular formula is C8H5BClIO2S. The van der Waals surface area contributed by atoms with Crippen LogP contribution < -0.4 is 5.46 Å². The Morgan fingerprint density at radius 3 is 2.64 bits per heavy atom. The molecule has 1 aromatic heterocycles. The third-order valence-electron chi connectivity index (χ3n) is 1.86. The third-order valence-corrected chi connectivity index (χ3v) is 4.39. The average molecular weight is 338 g/mol. The van der Waals surface area contributed by atoms with Gasteiger partial charge in [-0.25, -0.2) is 0 Å². The lowest BCUT2D eigenvalue weighted by atomic mass is 9.80. The maximum atomic E-state index is 9.04. The van der Waals surface area contributed by atoms with Crippen LogP contribution in [0.15, 0.2) is 18.2 Å². The van der Waals surface area contributed by atoms with Gasteiger partial charge in [-0.05, 0) is 45.6 Å². The van der Waals surface area contributed by atoms with Crippen molar-refractivity contribution in [2.75, 3.05) is 0 Å². The van der Waals surface area contributed by atoms with Gasteiger partial charge in [0.15, 0.2) is 0 Å². The zero-order valence-corrected chi connectivity index (χ0v) is 10.6. The van der Waals surface area contributed by atoms with Gasteiger partial charge in [-0.2, -0.15) is 0 Å². The fourth-order valence-electron chi connectivity index (χ4n) is 1.25. The molecule has 0 unspecified atom stereocenters. The zero-order valence-electron chi connectivity index (χ0n) is 6.87. The minimum atomic E-state index is -1.42. The molecular weight excluding hydrogens is 333 g/mol. The van der Waals surface area contributed by atoms with Gasteiger partial charge in [0.05, 0.1) is 4.34 Å². The average Bonchev–Trinajstić information content (AvgIpc) is 2.45. The van der Waals surface area contributed by atoms with E-state index in [1.54, 1.807) is 12.1 Å². The maximum Gasteiger partial charge on any atom is 0.488 e. The third kappa shape index (κ3) is 1.92. The van der Waals surface area contributed by atoms with Gasteiger partial charge in [-0.1, -0.05) is 17.7 Å². The maximum absolute atomic E-state index is 9.04. The molecule has 0 amide bonds. The van der Waals surface area contributed by atoms with E-state index in [1.165, 1.54) is 11.3 Å². The summed E-state index contributed by atoms with van der Waals surface area (Å²) < 4.78 is 2.78. The van der Waals surface area contributed by atoms with Crippen molar-refractivity contribution in [2.24, 2.45) is 0 Å². The Hall–Kier alpha value is 0.185. The van der Waals surface area contributed by atoms with E-state index in [2.05, 4.69) is 22.6 Å². The van der Waals surface area contributed by atoms with Crippen LogP contribution >= 0.6 is 45.5 Å². The number of rotatable bonds is 1. The first kappa shape index (κ1) is 10.7. The van der Waals surface area contributed by atoms with Crippen molar-refractivity contribution in [1.29, 1.82) is 0 Å². The molecule has 1 heterocycles. The predicted octanol–water partition coefficient (Wildman–Crippen LogP) is 1.84. The lowest BCUT2D eigenvalue weighted by Gasteiger charge is -2.01. The second kappa shape index (κ2) is 3.98. The van der Waals surface area contributed by atoms with Gasteiger partial charge in [-0.3, -0.25) is 0 Å². The molecule has 0 spiro atoms. The molecule has 6 heteroatoms. The van der Waals surface area contributed by atoms with Crippen LogP contribution in [0.5, 0.6) is 0 Å². The molecule has 0 aliphatic carbocycles. The molecule has 14 heavy (non-hydrogen) atoms. The number of thiophene rings is 1. The molecule has 2 nitrogen and oxygen atoms in total. The highest BCUT2D eigenvalue weighted by Gasteiger charge is 2.14. The molecule has 0 saturated heterocycles. The van der Waals surface area contributed by atoms with E-state index in [4.69, 9.17) is 21.6 Å². The van der Waals surface area contributed by atoms with Crippen molar-refractivity contribution in [2.45, 2.75) is 0 Å². The molecule has 1 aromatic carbocycles. The minimum absolute atomic E-state index is 0.497. The van der Waals surface area contributed by atoms with Crippen LogP contribution in [0.25, 0.3) is 10.1 Å². The van der Waals surface area contributed by atoms with Crippen LogP contribution in [0, 0.1) is 3.57 Å². The molecule has 0 radical (unpaired) electrons. The number of halogens is 2. The van der Waals surface area contributed by atoms with Crippen molar-refractivity contribution in [3.8, 4) is 0 Å². The molecule has 0 aliphatic heterocycles. The number of benzene rings is 1. The van der Waals surface area contributed by atoms with Crippen molar-refractivity contribution >= 4 is 68.2 Å². The first-order valence-corrected chi connectivity index (χ1v) is 6.10. The minimum Gasteiger partial charge on any atom is -0.423 e. The molecule has 0 fully saturated rings. The van der Waals surface area contributed by atoms with Crippen LogP contribution in [0.3, 0.4) is 0 Å². The van der Waals surface area contributed by atoms with E-state index in [1.807, 2.05) is 6.07 Å². The Morgan fingerprint density at radius 1 is 1.29 bits per heavy atom. The summed E-state index contributed by atoms with van der Waals surface area (Å²) in [7, 11) is -1.42. The highest BCUT2D eigenvalue weighted by Crippen LogP contribution is 2.31. The molecule has 0 bridgehead atoms. The Labute approximate surface area is 104 Å². The van der Waals surface area contributed by atoms with Gasteiger partial charge >= 0.3 is 7.12 Å². The SMILES string of the molecule is OB(O)c1cc(I)c2sc(Cl)cc2c1. The van der Waals surface area contributed by atoms with Gasteiger partial charge in [-0.15, -0.1) is 11.3 Å². The summed E-state index contributed by atoms with van der Waals surface area (Å²) in [5.74, 6) is 0. The summed E-state index contributed by atoms with van der Waals surface area (Å²) in [6, 6.07) is 5.32. The quantitative estimate of drug-likeness (QED) is 0.615. The van der Waals surface area contributed by atoms with Crippen LogP contribution in [-0.2, 0) is 0 Å². The van der Waals surface area contributed by atoms with Crippen molar-refractivity contribution < 1.29 is 10.0 Å². The summed E-state index contributed by atoms with van der Waals surface area (Å²) in [5.41, 5.74) is 0.497. The predicted molar refractivity (Wildman–Crippen MR) is 69.4 cm³/mol. The topological polar surface area (TPSA) is 40.5 Å². The monoisotopic (exact) mass is 338 g/mol. The van der Waals surface area contributed by atoms with Crippen molar-refractivity contribution in [1.82, 2.24) is 0 Å². The lowest BCUT2D eigenvalue weighted by Crippen LogP contribution is -2.29. The molecule has 2 aromatic rings. The lowest BCUT2D eigenvalue weighted by molar-refractivity contribution is 0.426. The Bertz CT molecular complexity index is 485. The highest BCUT2D eigenvalue weighted by molar-refractivity contribution is 14.1. The highest BCUT2D eigenvalue weighted by atomic mass is 127. The second-order valence-electron chi connectivity index (χ2n) is 2.85. The van der Waals surface area contributed by atoms with Crippen molar-refractivity contribution in [3.05, 3.63) is 26.1 Å². The van der Waals surface area contributed by atoms with Gasteiger partial charge < -0.3 is 10.0 Å². The van der Waals surface area contributed by atoms with Crippen LogP contribution in [0.4, 0.5) is 0 Å². The molecule has 2 N–H and O–H groups in total. The van der Waals surface area contributed by atoms with E-state index >= 15 is 0 Å². The number of hydrogen-bond donors (Lipinski definition) is 2. The van der Waals surface area contributed by atoms with E-state index in [-0.39, 0.29) is 0 Å². The summed E-state index contributed by atoms with van der Waals surface area (Å²) in [6.45, 7) is 0. The van der Waals surface area contributed by atoms with E-state index in [0.717, 1.165) is 13.7 Å². The summed E-state index contributed by atoms with van der Waals surface area (Å²) in [4.78, 5) is 0.